The van der Waals surface area contributed by atoms with Gasteiger partial charge in [0.15, 0.2) is 0 Å². The molecule has 1 aliphatic heterocycles. The number of carbonyl (C=O) groups is 2. The molecule has 1 aliphatic rings. The number of amides is 2. The molecule has 0 spiro atoms. The zero-order valence-electron chi connectivity index (χ0n) is 11.7. The molecular weight excluding hydrogens is 232 g/mol. The van der Waals surface area contributed by atoms with E-state index in [0.29, 0.717) is 32.1 Å². The lowest BCUT2D eigenvalue weighted by Gasteiger charge is -2.27. The Morgan fingerprint density at radius 1 is 1.39 bits per heavy atom. The van der Waals surface area contributed by atoms with E-state index >= 15 is 0 Å². The molecule has 104 valence electrons. The van der Waals surface area contributed by atoms with Crippen molar-refractivity contribution in [1.29, 1.82) is 0 Å². The van der Waals surface area contributed by atoms with E-state index < -0.39 is 6.04 Å². The van der Waals surface area contributed by atoms with Crippen molar-refractivity contribution in [1.82, 2.24) is 10.2 Å². The van der Waals surface area contributed by atoms with Gasteiger partial charge in [0.05, 0.1) is 6.61 Å². The molecule has 2 atom stereocenters. The summed E-state index contributed by atoms with van der Waals surface area (Å²) >= 11 is 0. The maximum atomic E-state index is 12.1. The number of nitrogens with zero attached hydrogens (tertiary/aromatic N) is 1. The average molecular weight is 256 g/mol. The molecule has 0 saturated carbocycles. The third-order valence-corrected chi connectivity index (χ3v) is 2.97. The van der Waals surface area contributed by atoms with Crippen molar-refractivity contribution >= 4 is 11.8 Å². The molecule has 5 nitrogen and oxygen atoms in total. The minimum atomic E-state index is -0.437. The Kier molecular flexibility index (Phi) is 5.59. The number of rotatable bonds is 5. The van der Waals surface area contributed by atoms with Crippen molar-refractivity contribution in [2.24, 2.45) is 5.92 Å². The van der Waals surface area contributed by atoms with Gasteiger partial charge in [-0.2, -0.15) is 0 Å². The smallest absolute Gasteiger partial charge is 0.245 e. The number of ether oxygens (including phenoxy) is 1. The van der Waals surface area contributed by atoms with Gasteiger partial charge >= 0.3 is 0 Å². The SMILES string of the molecule is CC(C)COCCN1C(=O)C(C)NC(=O)CC1C. The molecule has 0 aromatic carbocycles. The predicted molar refractivity (Wildman–Crippen MR) is 69.1 cm³/mol. The second-order valence-electron chi connectivity index (χ2n) is 5.34. The molecule has 0 aromatic rings. The Balaban J connectivity index is 2.50. The third kappa shape index (κ3) is 4.29. The van der Waals surface area contributed by atoms with Crippen LogP contribution in [0, 0.1) is 5.92 Å². The first kappa shape index (κ1) is 15.0. The fourth-order valence-electron chi connectivity index (χ4n) is 2.02. The van der Waals surface area contributed by atoms with Crippen LogP contribution in [0.25, 0.3) is 0 Å². The molecule has 1 fully saturated rings. The standard InChI is InChI=1S/C13H24N2O3/c1-9(2)8-18-6-5-15-10(3)7-12(16)14-11(4)13(15)17/h9-11H,5-8H2,1-4H3,(H,14,16). The lowest BCUT2D eigenvalue weighted by atomic mass is 10.2. The highest BCUT2D eigenvalue weighted by Gasteiger charge is 2.30. The second-order valence-corrected chi connectivity index (χ2v) is 5.34. The summed E-state index contributed by atoms with van der Waals surface area (Å²) in [6.45, 7) is 9.57. The molecule has 1 N–H and O–H groups in total. The quantitative estimate of drug-likeness (QED) is 0.740. The molecule has 2 unspecified atom stereocenters. The molecule has 1 heterocycles. The monoisotopic (exact) mass is 256 g/mol. The van der Waals surface area contributed by atoms with Crippen LogP contribution in [0.15, 0.2) is 0 Å². The highest BCUT2D eigenvalue weighted by Crippen LogP contribution is 2.11. The zero-order valence-corrected chi connectivity index (χ0v) is 11.7. The molecule has 18 heavy (non-hydrogen) atoms. The Labute approximate surface area is 109 Å². The van der Waals surface area contributed by atoms with Gasteiger partial charge < -0.3 is 15.0 Å². The van der Waals surface area contributed by atoms with E-state index in [1.807, 2.05) is 6.92 Å². The molecule has 0 aromatic heterocycles. The fourth-order valence-corrected chi connectivity index (χ4v) is 2.02. The van der Waals surface area contributed by atoms with E-state index in [1.54, 1.807) is 11.8 Å². The van der Waals surface area contributed by atoms with Crippen molar-refractivity contribution in [3.8, 4) is 0 Å². The summed E-state index contributed by atoms with van der Waals surface area (Å²) < 4.78 is 5.50. The van der Waals surface area contributed by atoms with Crippen LogP contribution in [-0.2, 0) is 14.3 Å². The molecular formula is C13H24N2O3. The second kappa shape index (κ2) is 6.73. The van der Waals surface area contributed by atoms with Crippen LogP contribution < -0.4 is 5.32 Å². The van der Waals surface area contributed by atoms with Gasteiger partial charge in [0.25, 0.3) is 0 Å². The lowest BCUT2D eigenvalue weighted by Crippen LogP contribution is -2.46. The number of hydrogen-bond acceptors (Lipinski definition) is 3. The van der Waals surface area contributed by atoms with E-state index in [1.165, 1.54) is 0 Å². The first-order valence-corrected chi connectivity index (χ1v) is 6.59. The van der Waals surface area contributed by atoms with E-state index in [2.05, 4.69) is 19.2 Å². The topological polar surface area (TPSA) is 58.6 Å². The van der Waals surface area contributed by atoms with Gasteiger partial charge in [-0.1, -0.05) is 13.8 Å². The van der Waals surface area contributed by atoms with Crippen molar-refractivity contribution in [2.75, 3.05) is 19.8 Å². The summed E-state index contributed by atoms with van der Waals surface area (Å²) in [6, 6.07) is -0.502. The Morgan fingerprint density at radius 3 is 2.67 bits per heavy atom. The molecule has 0 radical (unpaired) electrons. The zero-order chi connectivity index (χ0) is 13.7. The van der Waals surface area contributed by atoms with Gasteiger partial charge in [0.2, 0.25) is 11.8 Å². The number of nitrogens with one attached hydrogen (secondary N) is 1. The van der Waals surface area contributed by atoms with Crippen molar-refractivity contribution in [2.45, 2.75) is 46.2 Å². The van der Waals surface area contributed by atoms with Crippen molar-refractivity contribution in [3.05, 3.63) is 0 Å². The lowest BCUT2D eigenvalue weighted by molar-refractivity contribution is -0.135. The summed E-state index contributed by atoms with van der Waals surface area (Å²) in [5.74, 6) is 0.403. The van der Waals surface area contributed by atoms with Gasteiger partial charge in [0.1, 0.15) is 6.04 Å². The largest absolute Gasteiger partial charge is 0.379 e. The van der Waals surface area contributed by atoms with Gasteiger partial charge in [-0.05, 0) is 19.8 Å². The predicted octanol–water partition coefficient (Wildman–Crippen LogP) is 0.785. The van der Waals surface area contributed by atoms with Crippen LogP contribution in [0.1, 0.15) is 34.1 Å². The van der Waals surface area contributed by atoms with Gasteiger partial charge in [-0.15, -0.1) is 0 Å². The average Bonchev–Trinajstić information content (AvgIpc) is 2.34. The summed E-state index contributed by atoms with van der Waals surface area (Å²) in [6.07, 6.45) is 0.361. The summed E-state index contributed by atoms with van der Waals surface area (Å²) in [7, 11) is 0. The van der Waals surface area contributed by atoms with Crippen LogP contribution in [0.4, 0.5) is 0 Å². The van der Waals surface area contributed by atoms with E-state index in [-0.39, 0.29) is 17.9 Å². The van der Waals surface area contributed by atoms with E-state index in [9.17, 15) is 9.59 Å². The molecule has 1 rings (SSSR count). The Bertz CT molecular complexity index is 305. The van der Waals surface area contributed by atoms with Gasteiger partial charge in [0, 0.05) is 25.6 Å². The van der Waals surface area contributed by atoms with Crippen molar-refractivity contribution < 1.29 is 14.3 Å². The summed E-state index contributed by atoms with van der Waals surface area (Å²) in [4.78, 5) is 25.3. The highest BCUT2D eigenvalue weighted by atomic mass is 16.5. The molecule has 5 heteroatoms. The Morgan fingerprint density at radius 2 is 2.06 bits per heavy atom. The van der Waals surface area contributed by atoms with Crippen LogP contribution in [0.3, 0.4) is 0 Å². The third-order valence-electron chi connectivity index (χ3n) is 2.97. The van der Waals surface area contributed by atoms with E-state index in [0.717, 1.165) is 0 Å². The van der Waals surface area contributed by atoms with Crippen LogP contribution in [0.5, 0.6) is 0 Å². The maximum Gasteiger partial charge on any atom is 0.245 e. The Hall–Kier alpha value is -1.10. The summed E-state index contributed by atoms with van der Waals surface area (Å²) in [5.41, 5.74) is 0. The first-order valence-electron chi connectivity index (χ1n) is 6.59. The van der Waals surface area contributed by atoms with Crippen LogP contribution in [-0.4, -0.2) is 48.6 Å². The highest BCUT2D eigenvalue weighted by molar-refractivity contribution is 5.90. The molecule has 2 amide bonds. The first-order chi connectivity index (χ1) is 8.41. The van der Waals surface area contributed by atoms with Gasteiger partial charge in [-0.25, -0.2) is 0 Å². The van der Waals surface area contributed by atoms with Gasteiger partial charge in [-0.3, -0.25) is 9.59 Å². The fraction of sp³-hybridized carbons (Fsp3) is 0.846. The normalized spacial score (nSPS) is 25.3. The van der Waals surface area contributed by atoms with E-state index in [4.69, 9.17) is 4.74 Å². The maximum absolute atomic E-state index is 12.1. The molecule has 1 saturated heterocycles. The van der Waals surface area contributed by atoms with Crippen LogP contribution >= 0.6 is 0 Å². The van der Waals surface area contributed by atoms with Crippen molar-refractivity contribution in [3.63, 3.8) is 0 Å². The summed E-state index contributed by atoms with van der Waals surface area (Å²) in [5, 5.41) is 2.69. The molecule has 0 aliphatic carbocycles. The minimum Gasteiger partial charge on any atom is -0.379 e. The minimum absolute atomic E-state index is 0.0264. The number of hydrogen-bond donors (Lipinski definition) is 1. The molecule has 0 bridgehead atoms. The van der Waals surface area contributed by atoms with Crippen LogP contribution in [0.2, 0.25) is 0 Å². The number of carbonyl (C=O) groups excluding carboxylic acids is 2.